The normalized spacial score (nSPS) is 18.1. The fourth-order valence-corrected chi connectivity index (χ4v) is 6.00. The number of hydrogen-bond donors (Lipinski definition) is 3. The second kappa shape index (κ2) is 13.7. The molecule has 0 saturated heterocycles. The van der Waals surface area contributed by atoms with Gasteiger partial charge in [0, 0.05) is 41.5 Å². The number of nitrogens with one attached hydrogen (secondary N) is 2. The number of aliphatic hydroxyl groups is 1. The van der Waals surface area contributed by atoms with Crippen molar-refractivity contribution in [3.05, 3.63) is 83.1 Å². The first kappa shape index (κ1) is 32.2. The standard InChI is InChI=1S/C30H34ClFN4O6S/c1-19-16-36(20(2)18-37)29(38)15-21-14-25(34-30(39)33-24-8-6-23(32)7-9-24)10-13-27(21)42-28(19)17-35(3)43(40,41)26-11-4-22(31)5-12-26/h4-14,19-20,28,37H,15-18H2,1-3H3,(H2,33,34,39)/t19-,20-,28+/m1/s1. The average molecular weight is 633 g/mol. The third kappa shape index (κ3) is 8.02. The van der Waals surface area contributed by atoms with Crippen molar-refractivity contribution in [3.8, 4) is 5.75 Å². The summed E-state index contributed by atoms with van der Waals surface area (Å²) in [6.45, 7) is 3.53. The van der Waals surface area contributed by atoms with Gasteiger partial charge >= 0.3 is 6.03 Å². The highest BCUT2D eigenvalue weighted by atomic mass is 35.5. The van der Waals surface area contributed by atoms with E-state index in [-0.39, 0.29) is 42.8 Å². The highest BCUT2D eigenvalue weighted by molar-refractivity contribution is 7.89. The summed E-state index contributed by atoms with van der Waals surface area (Å²) in [6, 6.07) is 14.9. The molecule has 0 spiro atoms. The Kier molecular flexibility index (Phi) is 10.3. The SMILES string of the molecule is C[C@@H]1CN([C@H](C)CO)C(=O)Cc2cc(NC(=O)Nc3ccc(F)cc3)ccc2O[C@H]1CN(C)S(=O)(=O)c1ccc(Cl)cc1. The summed E-state index contributed by atoms with van der Waals surface area (Å²) < 4.78 is 47.4. The van der Waals surface area contributed by atoms with Gasteiger partial charge in [0.25, 0.3) is 0 Å². The molecule has 3 atom stereocenters. The molecular formula is C30H34ClFN4O6S. The summed E-state index contributed by atoms with van der Waals surface area (Å²) in [5.74, 6) is -0.648. The summed E-state index contributed by atoms with van der Waals surface area (Å²) in [5.41, 5.74) is 1.24. The van der Waals surface area contributed by atoms with Gasteiger partial charge in [0.05, 0.1) is 30.5 Å². The molecule has 1 aliphatic rings. The Morgan fingerprint density at radius 2 is 1.74 bits per heavy atom. The van der Waals surface area contributed by atoms with Gasteiger partial charge in [-0.2, -0.15) is 4.31 Å². The minimum Gasteiger partial charge on any atom is -0.488 e. The number of amides is 3. The van der Waals surface area contributed by atoms with Crippen LogP contribution in [0.3, 0.4) is 0 Å². The third-order valence-corrected chi connectivity index (χ3v) is 9.32. The van der Waals surface area contributed by atoms with Gasteiger partial charge in [-0.25, -0.2) is 17.6 Å². The van der Waals surface area contributed by atoms with E-state index in [4.69, 9.17) is 16.3 Å². The van der Waals surface area contributed by atoms with Crippen LogP contribution in [0.2, 0.25) is 5.02 Å². The second-order valence-electron chi connectivity index (χ2n) is 10.5. The fourth-order valence-electron chi connectivity index (χ4n) is 4.69. The van der Waals surface area contributed by atoms with E-state index in [1.807, 2.05) is 6.92 Å². The van der Waals surface area contributed by atoms with Gasteiger partial charge in [-0.3, -0.25) is 4.79 Å². The Bertz CT molecular complexity index is 1560. The zero-order chi connectivity index (χ0) is 31.3. The van der Waals surface area contributed by atoms with Crippen LogP contribution in [0.15, 0.2) is 71.6 Å². The lowest BCUT2D eigenvalue weighted by atomic mass is 10.0. The van der Waals surface area contributed by atoms with Gasteiger partial charge in [0.1, 0.15) is 17.7 Å². The molecule has 13 heteroatoms. The van der Waals surface area contributed by atoms with Crippen LogP contribution in [0.25, 0.3) is 0 Å². The molecule has 3 aromatic rings. The number of halogens is 2. The molecule has 0 aromatic heterocycles. The highest BCUT2D eigenvalue weighted by Gasteiger charge is 2.33. The van der Waals surface area contributed by atoms with Crippen molar-refractivity contribution in [1.29, 1.82) is 0 Å². The first-order chi connectivity index (χ1) is 20.4. The molecule has 3 amide bonds. The molecule has 0 aliphatic carbocycles. The molecule has 10 nitrogen and oxygen atoms in total. The number of nitrogens with zero attached hydrogens (tertiary/aromatic N) is 2. The molecule has 3 aromatic carbocycles. The van der Waals surface area contributed by atoms with Gasteiger partial charge in [-0.05, 0) is 73.7 Å². The molecule has 1 aliphatic heterocycles. The Labute approximate surface area is 255 Å². The lowest BCUT2D eigenvalue weighted by molar-refractivity contribution is -0.134. The van der Waals surface area contributed by atoms with Crippen LogP contribution >= 0.6 is 11.6 Å². The van der Waals surface area contributed by atoms with E-state index in [1.165, 1.54) is 59.9 Å². The van der Waals surface area contributed by atoms with Crippen molar-refractivity contribution in [1.82, 2.24) is 9.21 Å². The van der Waals surface area contributed by atoms with Crippen molar-refractivity contribution in [3.63, 3.8) is 0 Å². The minimum atomic E-state index is -3.88. The lowest BCUT2D eigenvalue weighted by Gasteiger charge is -2.33. The number of fused-ring (bicyclic) bond motifs is 1. The molecule has 0 bridgehead atoms. The number of hydrogen-bond acceptors (Lipinski definition) is 6. The Morgan fingerprint density at radius 3 is 2.40 bits per heavy atom. The fraction of sp³-hybridized carbons (Fsp3) is 0.333. The number of likely N-dealkylation sites (N-methyl/N-ethyl adjacent to an activating group) is 1. The molecule has 3 N–H and O–H groups in total. The Hall–Kier alpha value is -3.71. The van der Waals surface area contributed by atoms with Crippen molar-refractivity contribution in [2.45, 2.75) is 37.3 Å². The van der Waals surface area contributed by atoms with E-state index in [1.54, 1.807) is 30.0 Å². The van der Waals surface area contributed by atoms with Gasteiger partial charge in [0.15, 0.2) is 0 Å². The monoisotopic (exact) mass is 632 g/mol. The van der Waals surface area contributed by atoms with Gasteiger partial charge in [-0.1, -0.05) is 18.5 Å². The first-order valence-corrected chi connectivity index (χ1v) is 15.4. The van der Waals surface area contributed by atoms with E-state index in [0.29, 0.717) is 27.7 Å². The van der Waals surface area contributed by atoms with E-state index >= 15 is 0 Å². The second-order valence-corrected chi connectivity index (χ2v) is 13.0. The van der Waals surface area contributed by atoms with Crippen molar-refractivity contribution < 1.29 is 32.2 Å². The number of aliphatic hydroxyl groups excluding tert-OH is 1. The van der Waals surface area contributed by atoms with Crippen LogP contribution in [0.5, 0.6) is 5.75 Å². The van der Waals surface area contributed by atoms with Crippen LogP contribution in [-0.4, -0.2) is 73.6 Å². The Balaban J connectivity index is 1.61. The van der Waals surface area contributed by atoms with E-state index < -0.39 is 34.0 Å². The van der Waals surface area contributed by atoms with Crippen LogP contribution in [-0.2, 0) is 21.2 Å². The van der Waals surface area contributed by atoms with Crippen molar-refractivity contribution in [2.24, 2.45) is 5.92 Å². The molecule has 43 heavy (non-hydrogen) atoms. The molecule has 230 valence electrons. The highest BCUT2D eigenvalue weighted by Crippen LogP contribution is 2.30. The predicted octanol–water partition coefficient (Wildman–Crippen LogP) is 4.59. The Morgan fingerprint density at radius 1 is 1.12 bits per heavy atom. The smallest absolute Gasteiger partial charge is 0.323 e. The van der Waals surface area contributed by atoms with E-state index in [0.717, 1.165) is 0 Å². The molecular weight excluding hydrogens is 599 g/mol. The third-order valence-electron chi connectivity index (χ3n) is 7.24. The maximum atomic E-state index is 13.4. The van der Waals surface area contributed by atoms with Crippen LogP contribution in [0.1, 0.15) is 19.4 Å². The number of urea groups is 1. The average Bonchev–Trinajstić information content (AvgIpc) is 3.01. The number of anilines is 2. The summed E-state index contributed by atoms with van der Waals surface area (Å²) in [6.07, 6.45) is -0.752. The molecule has 1 heterocycles. The number of sulfonamides is 1. The van der Waals surface area contributed by atoms with Gasteiger partial charge in [-0.15, -0.1) is 0 Å². The molecule has 0 saturated carbocycles. The summed E-state index contributed by atoms with van der Waals surface area (Å²) in [7, 11) is -2.42. The van der Waals surface area contributed by atoms with E-state index in [9.17, 15) is 27.5 Å². The first-order valence-electron chi connectivity index (χ1n) is 13.6. The largest absolute Gasteiger partial charge is 0.488 e. The summed E-state index contributed by atoms with van der Waals surface area (Å²) >= 11 is 5.94. The topological polar surface area (TPSA) is 128 Å². The van der Waals surface area contributed by atoms with Crippen LogP contribution in [0.4, 0.5) is 20.6 Å². The van der Waals surface area contributed by atoms with Crippen molar-refractivity contribution in [2.75, 3.05) is 37.4 Å². The maximum Gasteiger partial charge on any atom is 0.323 e. The molecule has 0 unspecified atom stereocenters. The van der Waals surface area contributed by atoms with E-state index in [2.05, 4.69) is 10.6 Å². The zero-order valence-electron chi connectivity index (χ0n) is 24.0. The number of ether oxygens (including phenoxy) is 1. The molecule has 0 radical (unpaired) electrons. The zero-order valence-corrected chi connectivity index (χ0v) is 25.5. The van der Waals surface area contributed by atoms with Gasteiger partial charge in [0.2, 0.25) is 15.9 Å². The quantitative estimate of drug-likeness (QED) is 0.333. The number of carbonyl (C=O) groups is 2. The molecule has 4 rings (SSSR count). The molecule has 0 fully saturated rings. The number of benzene rings is 3. The van der Waals surface area contributed by atoms with Crippen LogP contribution < -0.4 is 15.4 Å². The van der Waals surface area contributed by atoms with Crippen LogP contribution in [0, 0.1) is 11.7 Å². The maximum absolute atomic E-state index is 13.4. The predicted molar refractivity (Wildman–Crippen MR) is 162 cm³/mol. The number of rotatable bonds is 8. The number of carbonyl (C=O) groups excluding carboxylic acids is 2. The van der Waals surface area contributed by atoms with Crippen molar-refractivity contribution >= 4 is 44.9 Å². The lowest BCUT2D eigenvalue weighted by Crippen LogP contribution is -2.48. The minimum absolute atomic E-state index is 0.0266. The summed E-state index contributed by atoms with van der Waals surface area (Å²) in [5, 5.41) is 15.6. The van der Waals surface area contributed by atoms with Gasteiger partial charge < -0.3 is 25.4 Å². The summed E-state index contributed by atoms with van der Waals surface area (Å²) in [4.78, 5) is 27.7.